The number of anilines is 1. The molecule has 0 aliphatic rings. The van der Waals surface area contributed by atoms with Crippen molar-refractivity contribution in [3.8, 4) is 0 Å². The zero-order valence-corrected chi connectivity index (χ0v) is 8.77. The van der Waals surface area contributed by atoms with E-state index in [0.29, 0.717) is 18.8 Å². The summed E-state index contributed by atoms with van der Waals surface area (Å²) in [6, 6.07) is 3.17. The van der Waals surface area contributed by atoms with Gasteiger partial charge >= 0.3 is 5.82 Å². The second kappa shape index (κ2) is 5.64. The standard InChI is InChI=1S/C9H12N4O3/c1-7(14)10-5-6-11-8-3-2-4-12-9(8)13(15)16/h2-4,11H,5-6H2,1H3,(H,10,14). The number of nitrogens with one attached hydrogen (secondary N) is 2. The molecule has 0 fully saturated rings. The maximum atomic E-state index is 10.6. The largest absolute Gasteiger partial charge is 0.386 e. The van der Waals surface area contributed by atoms with Crippen LogP contribution in [-0.4, -0.2) is 28.9 Å². The van der Waals surface area contributed by atoms with Crippen molar-refractivity contribution in [2.45, 2.75) is 6.92 Å². The molecule has 0 aliphatic carbocycles. The lowest BCUT2D eigenvalue weighted by atomic mass is 10.4. The van der Waals surface area contributed by atoms with E-state index in [1.54, 1.807) is 12.1 Å². The third-order valence-electron chi connectivity index (χ3n) is 1.77. The van der Waals surface area contributed by atoms with Gasteiger partial charge in [-0.25, -0.2) is 0 Å². The van der Waals surface area contributed by atoms with Crippen LogP contribution in [0.4, 0.5) is 11.5 Å². The first-order valence-electron chi connectivity index (χ1n) is 4.69. The number of hydrogen-bond donors (Lipinski definition) is 2. The van der Waals surface area contributed by atoms with Crippen molar-refractivity contribution in [2.75, 3.05) is 18.4 Å². The van der Waals surface area contributed by atoms with E-state index in [1.807, 2.05) is 0 Å². The fourth-order valence-electron chi connectivity index (χ4n) is 1.12. The molecule has 0 aromatic carbocycles. The summed E-state index contributed by atoms with van der Waals surface area (Å²) in [7, 11) is 0. The molecule has 1 aromatic heterocycles. The topological polar surface area (TPSA) is 97.2 Å². The van der Waals surface area contributed by atoms with Gasteiger partial charge in [0, 0.05) is 20.0 Å². The summed E-state index contributed by atoms with van der Waals surface area (Å²) in [5.74, 6) is -0.354. The zero-order valence-electron chi connectivity index (χ0n) is 8.77. The first-order valence-corrected chi connectivity index (χ1v) is 4.69. The van der Waals surface area contributed by atoms with Crippen LogP contribution < -0.4 is 10.6 Å². The highest BCUT2D eigenvalue weighted by molar-refractivity contribution is 5.72. The zero-order chi connectivity index (χ0) is 12.0. The number of carbonyl (C=O) groups excluding carboxylic acids is 1. The van der Waals surface area contributed by atoms with Crippen molar-refractivity contribution in [2.24, 2.45) is 0 Å². The molecule has 0 unspecified atom stereocenters. The highest BCUT2D eigenvalue weighted by Gasteiger charge is 2.12. The van der Waals surface area contributed by atoms with Gasteiger partial charge in [-0.15, -0.1) is 0 Å². The molecular formula is C9H12N4O3. The lowest BCUT2D eigenvalue weighted by molar-refractivity contribution is -0.388. The second-order valence-electron chi connectivity index (χ2n) is 3.04. The summed E-state index contributed by atoms with van der Waals surface area (Å²) in [4.78, 5) is 24.3. The lowest BCUT2D eigenvalue weighted by Crippen LogP contribution is -2.26. The van der Waals surface area contributed by atoms with Gasteiger partial charge < -0.3 is 20.7 Å². The first kappa shape index (κ1) is 11.9. The van der Waals surface area contributed by atoms with Crippen LogP contribution in [0.3, 0.4) is 0 Å². The van der Waals surface area contributed by atoms with Crippen LogP contribution in [0, 0.1) is 10.1 Å². The van der Waals surface area contributed by atoms with Gasteiger partial charge in [-0.05, 0) is 22.0 Å². The number of nitrogens with zero attached hydrogens (tertiary/aromatic N) is 2. The van der Waals surface area contributed by atoms with Gasteiger partial charge in [-0.3, -0.25) is 4.79 Å². The lowest BCUT2D eigenvalue weighted by Gasteiger charge is -2.06. The summed E-state index contributed by atoms with van der Waals surface area (Å²) >= 11 is 0. The SMILES string of the molecule is CC(=O)NCCNc1cccnc1[N+](=O)[O-]. The molecule has 0 spiro atoms. The Bertz CT molecular complexity index is 394. The van der Waals surface area contributed by atoms with Gasteiger partial charge in [0.05, 0.1) is 0 Å². The van der Waals surface area contributed by atoms with Crippen molar-refractivity contribution in [1.82, 2.24) is 10.3 Å². The normalized spacial score (nSPS) is 9.56. The molecule has 7 nitrogen and oxygen atoms in total. The minimum Gasteiger partial charge on any atom is -0.376 e. The highest BCUT2D eigenvalue weighted by Crippen LogP contribution is 2.19. The van der Waals surface area contributed by atoms with E-state index < -0.39 is 4.92 Å². The van der Waals surface area contributed by atoms with Gasteiger partial charge in [-0.2, -0.15) is 0 Å². The van der Waals surface area contributed by atoms with Crippen LogP contribution in [0.25, 0.3) is 0 Å². The molecule has 0 saturated heterocycles. The van der Waals surface area contributed by atoms with Crippen LogP contribution in [0.1, 0.15) is 6.92 Å². The van der Waals surface area contributed by atoms with Gasteiger partial charge in [0.2, 0.25) is 5.91 Å². The molecule has 1 rings (SSSR count). The van der Waals surface area contributed by atoms with Crippen molar-refractivity contribution in [3.05, 3.63) is 28.4 Å². The van der Waals surface area contributed by atoms with Crippen LogP contribution in [0.15, 0.2) is 18.3 Å². The Hall–Kier alpha value is -2.18. The molecule has 0 saturated carbocycles. The number of aromatic nitrogens is 1. The van der Waals surface area contributed by atoms with E-state index in [2.05, 4.69) is 15.6 Å². The van der Waals surface area contributed by atoms with Crippen molar-refractivity contribution in [3.63, 3.8) is 0 Å². The quantitative estimate of drug-likeness (QED) is 0.432. The molecule has 0 aliphatic heterocycles. The molecular weight excluding hydrogens is 212 g/mol. The highest BCUT2D eigenvalue weighted by atomic mass is 16.6. The summed E-state index contributed by atoms with van der Waals surface area (Å²) in [5.41, 5.74) is 0.345. The van der Waals surface area contributed by atoms with Crippen molar-refractivity contribution >= 4 is 17.4 Å². The molecule has 86 valence electrons. The van der Waals surface area contributed by atoms with E-state index in [0.717, 1.165) is 0 Å². The summed E-state index contributed by atoms with van der Waals surface area (Å²) in [6.45, 7) is 2.22. The Morgan fingerprint density at radius 3 is 2.94 bits per heavy atom. The average Bonchev–Trinajstić information content (AvgIpc) is 2.24. The third kappa shape index (κ3) is 3.52. The van der Waals surface area contributed by atoms with Gasteiger partial charge in [0.15, 0.2) is 0 Å². The van der Waals surface area contributed by atoms with Gasteiger partial charge in [0.25, 0.3) is 0 Å². The fraction of sp³-hybridized carbons (Fsp3) is 0.333. The Kier molecular flexibility index (Phi) is 4.19. The predicted octanol–water partition coefficient (Wildman–Crippen LogP) is 0.538. The predicted molar refractivity (Wildman–Crippen MR) is 58.1 cm³/mol. The number of carbonyl (C=O) groups is 1. The number of pyridine rings is 1. The van der Waals surface area contributed by atoms with Gasteiger partial charge in [0.1, 0.15) is 11.9 Å². The fourth-order valence-corrected chi connectivity index (χ4v) is 1.12. The van der Waals surface area contributed by atoms with E-state index in [4.69, 9.17) is 0 Å². The molecule has 1 heterocycles. The van der Waals surface area contributed by atoms with Crippen LogP contribution in [-0.2, 0) is 4.79 Å². The Morgan fingerprint density at radius 1 is 1.56 bits per heavy atom. The van der Waals surface area contributed by atoms with E-state index in [9.17, 15) is 14.9 Å². The van der Waals surface area contributed by atoms with E-state index >= 15 is 0 Å². The first-order chi connectivity index (χ1) is 7.61. The summed E-state index contributed by atoms with van der Waals surface area (Å²) in [5, 5.41) is 16.0. The maximum Gasteiger partial charge on any atom is 0.386 e. The number of rotatable bonds is 5. The van der Waals surface area contributed by atoms with Crippen LogP contribution in [0.2, 0.25) is 0 Å². The second-order valence-corrected chi connectivity index (χ2v) is 3.04. The van der Waals surface area contributed by atoms with Gasteiger partial charge in [-0.1, -0.05) is 0 Å². The van der Waals surface area contributed by atoms with Crippen molar-refractivity contribution in [1.29, 1.82) is 0 Å². The smallest absolute Gasteiger partial charge is 0.376 e. The third-order valence-corrected chi connectivity index (χ3v) is 1.77. The van der Waals surface area contributed by atoms with Crippen molar-refractivity contribution < 1.29 is 9.72 Å². The molecule has 0 radical (unpaired) electrons. The molecule has 0 atom stereocenters. The molecule has 0 bridgehead atoms. The van der Waals surface area contributed by atoms with E-state index in [-0.39, 0.29) is 11.7 Å². The Labute approximate surface area is 92.0 Å². The summed E-state index contributed by atoms with van der Waals surface area (Å²) < 4.78 is 0. The molecule has 1 amide bonds. The Balaban J connectivity index is 2.53. The minimum atomic E-state index is -0.555. The maximum absolute atomic E-state index is 10.6. The molecule has 16 heavy (non-hydrogen) atoms. The molecule has 1 aromatic rings. The monoisotopic (exact) mass is 224 g/mol. The minimum absolute atomic E-state index is 0.137. The number of hydrogen-bond acceptors (Lipinski definition) is 5. The van der Waals surface area contributed by atoms with Crippen LogP contribution in [0.5, 0.6) is 0 Å². The summed E-state index contributed by atoms with van der Waals surface area (Å²) in [6.07, 6.45) is 1.36. The average molecular weight is 224 g/mol. The molecule has 7 heteroatoms. The number of amides is 1. The van der Waals surface area contributed by atoms with Crippen LogP contribution >= 0.6 is 0 Å². The van der Waals surface area contributed by atoms with E-state index in [1.165, 1.54) is 13.1 Å². The number of nitro groups is 1. The Morgan fingerprint density at radius 2 is 2.31 bits per heavy atom. The molecule has 2 N–H and O–H groups in total.